The van der Waals surface area contributed by atoms with Crippen LogP contribution in [-0.2, 0) is 12.8 Å². The molecule has 168 valence electrons. The highest BCUT2D eigenvalue weighted by molar-refractivity contribution is 5.30. The number of methoxy groups -OCH3 is 1. The summed E-state index contributed by atoms with van der Waals surface area (Å²) in [6, 6.07) is 5.85. The van der Waals surface area contributed by atoms with E-state index in [1.165, 1.54) is 0 Å². The topological polar surface area (TPSA) is 156 Å². The first-order chi connectivity index (χ1) is 14.1. The van der Waals surface area contributed by atoms with Gasteiger partial charge in [-0.15, -0.1) is 0 Å². The summed E-state index contributed by atoms with van der Waals surface area (Å²) in [5.74, 6) is 1.31. The van der Waals surface area contributed by atoms with Gasteiger partial charge in [0.15, 0.2) is 0 Å². The van der Waals surface area contributed by atoms with Crippen molar-refractivity contribution in [2.24, 2.45) is 0 Å². The summed E-state index contributed by atoms with van der Waals surface area (Å²) in [5.41, 5.74) is 4.59. The second kappa shape index (κ2) is 12.4. The maximum absolute atomic E-state index is 12.4. The number of hydrogen-bond acceptors (Lipinski definition) is 6. The van der Waals surface area contributed by atoms with Crippen molar-refractivity contribution in [2.75, 3.05) is 19.0 Å². The van der Waals surface area contributed by atoms with Gasteiger partial charge in [0.1, 0.15) is 5.75 Å². The van der Waals surface area contributed by atoms with Crippen LogP contribution in [-0.4, -0.2) is 44.5 Å². The minimum atomic E-state index is -0.126. The van der Waals surface area contributed by atoms with Crippen molar-refractivity contribution in [1.82, 2.24) is 19.9 Å². The van der Waals surface area contributed by atoms with Gasteiger partial charge >= 0.3 is 0 Å². The van der Waals surface area contributed by atoms with Gasteiger partial charge in [-0.05, 0) is 56.4 Å². The quantitative estimate of drug-likeness (QED) is 0.492. The van der Waals surface area contributed by atoms with Crippen LogP contribution in [0.25, 0.3) is 0 Å². The number of aryl methyl sites for hydroxylation is 3. The van der Waals surface area contributed by atoms with Gasteiger partial charge in [-0.3, -0.25) is 19.7 Å². The van der Waals surface area contributed by atoms with Gasteiger partial charge < -0.3 is 21.0 Å². The third-order valence-corrected chi connectivity index (χ3v) is 4.87. The third-order valence-electron chi connectivity index (χ3n) is 4.87. The lowest BCUT2D eigenvalue weighted by Gasteiger charge is -2.08. The molecule has 0 amide bonds. The van der Waals surface area contributed by atoms with Gasteiger partial charge in [0.25, 0.3) is 5.56 Å². The molecule has 6 N–H and O–H groups in total. The van der Waals surface area contributed by atoms with Crippen LogP contribution in [0.4, 0.5) is 5.95 Å². The van der Waals surface area contributed by atoms with Crippen LogP contribution in [0.2, 0.25) is 0 Å². The van der Waals surface area contributed by atoms with Crippen molar-refractivity contribution < 1.29 is 15.7 Å². The van der Waals surface area contributed by atoms with Crippen molar-refractivity contribution >= 4 is 5.95 Å². The largest absolute Gasteiger partial charge is 0.495 e. The van der Waals surface area contributed by atoms with E-state index in [0.29, 0.717) is 17.9 Å². The lowest BCUT2D eigenvalue weighted by molar-refractivity contribution is 0.406. The highest BCUT2D eigenvalue weighted by Crippen LogP contribution is 2.16. The monoisotopic (exact) mass is 429 g/mol. The SMILES string of the molecule is COc1cccnc1CCCCNc1ncc(Cc2cnc(C)c(C)c2)c(=O)[nH]1.O.O. The molecular formula is C22H31N5O4. The molecule has 3 aromatic rings. The molecule has 3 aromatic heterocycles. The van der Waals surface area contributed by atoms with Gasteiger partial charge in [-0.1, -0.05) is 6.07 Å². The van der Waals surface area contributed by atoms with E-state index in [1.54, 1.807) is 19.5 Å². The minimum Gasteiger partial charge on any atom is -0.495 e. The summed E-state index contributed by atoms with van der Waals surface area (Å²) in [7, 11) is 1.66. The Bertz CT molecular complexity index is 1020. The summed E-state index contributed by atoms with van der Waals surface area (Å²) < 4.78 is 5.32. The first kappa shape index (κ1) is 25.7. The molecule has 0 atom stereocenters. The van der Waals surface area contributed by atoms with Gasteiger partial charge in [0.2, 0.25) is 5.95 Å². The van der Waals surface area contributed by atoms with Crippen molar-refractivity contribution in [1.29, 1.82) is 0 Å². The minimum absolute atomic E-state index is 0. The molecule has 3 heterocycles. The number of rotatable bonds is 9. The van der Waals surface area contributed by atoms with Crippen LogP contribution < -0.4 is 15.6 Å². The molecule has 0 saturated heterocycles. The molecule has 0 spiro atoms. The van der Waals surface area contributed by atoms with E-state index in [0.717, 1.165) is 54.1 Å². The Morgan fingerprint density at radius 2 is 1.90 bits per heavy atom. The molecule has 3 rings (SSSR count). The standard InChI is InChI=1S/C22H27N5O2.2H2O/c1-15-11-17(13-25-16(15)2)12-18-14-26-22(27-21(18)28)24-9-5-4-7-19-20(29-3)8-6-10-23-19;;/h6,8,10-11,13-14H,4-5,7,9,12H2,1-3H3,(H2,24,26,27,28);2*1H2. The van der Waals surface area contributed by atoms with Crippen LogP contribution in [0.3, 0.4) is 0 Å². The maximum Gasteiger partial charge on any atom is 0.255 e. The average Bonchev–Trinajstić information content (AvgIpc) is 2.72. The van der Waals surface area contributed by atoms with Gasteiger partial charge in [-0.25, -0.2) is 4.98 Å². The lowest BCUT2D eigenvalue weighted by Crippen LogP contribution is -2.17. The molecule has 0 aliphatic heterocycles. The zero-order chi connectivity index (χ0) is 20.6. The van der Waals surface area contributed by atoms with E-state index in [2.05, 4.69) is 31.3 Å². The Morgan fingerprint density at radius 1 is 1.10 bits per heavy atom. The second-order valence-corrected chi connectivity index (χ2v) is 7.05. The molecule has 31 heavy (non-hydrogen) atoms. The number of H-pyrrole nitrogens is 1. The van der Waals surface area contributed by atoms with Crippen LogP contribution in [0.15, 0.2) is 41.6 Å². The normalized spacial score (nSPS) is 10.0. The average molecular weight is 430 g/mol. The number of aromatic amines is 1. The number of ether oxygens (including phenoxy) is 1. The predicted octanol–water partition coefficient (Wildman–Crippen LogP) is 1.56. The molecule has 0 bridgehead atoms. The summed E-state index contributed by atoms with van der Waals surface area (Å²) in [4.78, 5) is 28.2. The number of nitrogens with one attached hydrogen (secondary N) is 2. The molecular weight excluding hydrogens is 398 g/mol. The fraction of sp³-hybridized carbons (Fsp3) is 0.364. The number of anilines is 1. The lowest BCUT2D eigenvalue weighted by atomic mass is 10.1. The number of unbranched alkanes of at least 4 members (excludes halogenated alkanes) is 1. The Kier molecular flexibility index (Phi) is 10.3. The fourth-order valence-electron chi connectivity index (χ4n) is 3.08. The van der Waals surface area contributed by atoms with E-state index in [4.69, 9.17) is 4.74 Å². The zero-order valence-corrected chi connectivity index (χ0v) is 18.2. The summed E-state index contributed by atoms with van der Waals surface area (Å²) in [6.07, 6.45) is 8.48. The van der Waals surface area contributed by atoms with Crippen molar-refractivity contribution in [3.8, 4) is 5.75 Å². The Balaban J connectivity index is 0.00000240. The van der Waals surface area contributed by atoms with E-state index in [9.17, 15) is 4.79 Å². The van der Waals surface area contributed by atoms with Gasteiger partial charge in [0, 0.05) is 42.8 Å². The first-order valence-corrected chi connectivity index (χ1v) is 9.79. The number of hydrogen-bond donors (Lipinski definition) is 2. The molecule has 0 aliphatic carbocycles. The van der Waals surface area contributed by atoms with Crippen LogP contribution in [0, 0.1) is 13.8 Å². The second-order valence-electron chi connectivity index (χ2n) is 7.05. The molecule has 9 nitrogen and oxygen atoms in total. The van der Waals surface area contributed by atoms with Crippen LogP contribution in [0.5, 0.6) is 5.75 Å². The van der Waals surface area contributed by atoms with E-state index in [1.807, 2.05) is 32.2 Å². The molecule has 9 heteroatoms. The Morgan fingerprint density at radius 3 is 2.61 bits per heavy atom. The number of pyridine rings is 2. The van der Waals surface area contributed by atoms with Crippen molar-refractivity contribution in [3.63, 3.8) is 0 Å². The summed E-state index contributed by atoms with van der Waals surface area (Å²) in [6.45, 7) is 4.71. The van der Waals surface area contributed by atoms with E-state index in [-0.39, 0.29) is 16.5 Å². The van der Waals surface area contributed by atoms with Crippen LogP contribution in [0.1, 0.15) is 40.9 Å². The Labute approximate surface area is 181 Å². The van der Waals surface area contributed by atoms with Crippen LogP contribution >= 0.6 is 0 Å². The highest BCUT2D eigenvalue weighted by atomic mass is 16.5. The molecule has 0 fully saturated rings. The first-order valence-electron chi connectivity index (χ1n) is 9.79. The molecule has 0 radical (unpaired) electrons. The molecule has 0 aromatic carbocycles. The van der Waals surface area contributed by atoms with Gasteiger partial charge in [-0.2, -0.15) is 0 Å². The van der Waals surface area contributed by atoms with E-state index >= 15 is 0 Å². The van der Waals surface area contributed by atoms with E-state index < -0.39 is 0 Å². The molecule has 0 aliphatic rings. The predicted molar refractivity (Wildman–Crippen MR) is 121 cm³/mol. The fourth-order valence-corrected chi connectivity index (χ4v) is 3.08. The Hall–Kier alpha value is -3.30. The van der Waals surface area contributed by atoms with Crippen molar-refractivity contribution in [2.45, 2.75) is 39.5 Å². The smallest absolute Gasteiger partial charge is 0.255 e. The highest BCUT2D eigenvalue weighted by Gasteiger charge is 2.06. The summed E-state index contributed by atoms with van der Waals surface area (Å²) in [5, 5.41) is 3.18. The zero-order valence-electron chi connectivity index (χ0n) is 18.2. The molecule has 0 saturated carbocycles. The number of aromatic nitrogens is 4. The number of nitrogens with zero attached hydrogens (tertiary/aromatic N) is 3. The molecule has 0 unspecified atom stereocenters. The maximum atomic E-state index is 12.4. The van der Waals surface area contributed by atoms with Crippen molar-refractivity contribution in [3.05, 3.63) is 75.2 Å². The third kappa shape index (κ3) is 7.16. The summed E-state index contributed by atoms with van der Waals surface area (Å²) >= 11 is 0. The van der Waals surface area contributed by atoms with Gasteiger partial charge in [0.05, 0.1) is 12.8 Å².